The Labute approximate surface area is 119 Å². The minimum Gasteiger partial charge on any atom is -0.308 e. The molecule has 1 aromatic carbocycles. The zero-order valence-electron chi connectivity index (χ0n) is 10.4. The van der Waals surface area contributed by atoms with Gasteiger partial charge in [0.1, 0.15) is 5.82 Å². The van der Waals surface area contributed by atoms with E-state index >= 15 is 0 Å². The summed E-state index contributed by atoms with van der Waals surface area (Å²) in [6.07, 6.45) is 4.28. The largest absolute Gasteiger partial charge is 0.308 e. The molecule has 3 nitrogen and oxygen atoms in total. The topological polar surface area (TPSA) is 29.9 Å². The van der Waals surface area contributed by atoms with Crippen molar-refractivity contribution in [2.24, 2.45) is 0 Å². The number of aromatic nitrogens is 2. The van der Waals surface area contributed by atoms with Gasteiger partial charge >= 0.3 is 0 Å². The van der Waals surface area contributed by atoms with E-state index in [1.54, 1.807) is 18.3 Å². The van der Waals surface area contributed by atoms with Crippen molar-refractivity contribution < 1.29 is 4.39 Å². The van der Waals surface area contributed by atoms with Crippen LogP contribution < -0.4 is 5.32 Å². The Morgan fingerprint density at radius 1 is 1.37 bits per heavy atom. The summed E-state index contributed by atoms with van der Waals surface area (Å²) in [6, 6.07) is 7.62. The van der Waals surface area contributed by atoms with Crippen molar-refractivity contribution in [3.8, 4) is 0 Å². The van der Waals surface area contributed by atoms with Crippen LogP contribution in [0.25, 0.3) is 0 Å². The third-order valence-electron chi connectivity index (χ3n) is 3.28. The molecule has 1 aliphatic carbocycles. The Morgan fingerprint density at radius 3 is 3.00 bits per heavy atom. The van der Waals surface area contributed by atoms with Crippen LogP contribution in [0.3, 0.4) is 0 Å². The summed E-state index contributed by atoms with van der Waals surface area (Å²) in [5, 5.41) is 7.72. The van der Waals surface area contributed by atoms with Gasteiger partial charge in [-0.2, -0.15) is 5.10 Å². The van der Waals surface area contributed by atoms with Gasteiger partial charge in [-0.15, -0.1) is 0 Å². The molecule has 0 aliphatic heterocycles. The van der Waals surface area contributed by atoms with E-state index in [2.05, 4.69) is 26.3 Å². The molecule has 5 heteroatoms. The molecule has 0 bridgehead atoms. The Balaban J connectivity index is 1.74. The molecule has 1 aromatic heterocycles. The number of nitrogens with one attached hydrogen (secondary N) is 1. The van der Waals surface area contributed by atoms with Crippen LogP contribution in [0, 0.1) is 5.82 Å². The van der Waals surface area contributed by atoms with Crippen molar-refractivity contribution in [2.75, 3.05) is 0 Å². The highest BCUT2D eigenvalue weighted by atomic mass is 79.9. The maximum absolute atomic E-state index is 13.7. The van der Waals surface area contributed by atoms with Crippen molar-refractivity contribution in [1.29, 1.82) is 0 Å². The lowest BCUT2D eigenvalue weighted by Gasteiger charge is -2.09. The van der Waals surface area contributed by atoms with Gasteiger partial charge in [-0.25, -0.2) is 4.39 Å². The van der Waals surface area contributed by atoms with E-state index in [1.165, 1.54) is 18.9 Å². The number of rotatable bonds is 5. The van der Waals surface area contributed by atoms with Gasteiger partial charge in [-0.3, -0.25) is 4.68 Å². The fourth-order valence-corrected chi connectivity index (χ4v) is 2.42. The van der Waals surface area contributed by atoms with E-state index in [1.807, 2.05) is 10.7 Å². The molecule has 0 amide bonds. The second-order valence-electron chi connectivity index (χ2n) is 4.87. The number of hydrogen-bond donors (Lipinski definition) is 1. The van der Waals surface area contributed by atoms with Gasteiger partial charge < -0.3 is 5.32 Å². The lowest BCUT2D eigenvalue weighted by atomic mass is 10.2. The monoisotopic (exact) mass is 323 g/mol. The molecule has 1 aliphatic rings. The van der Waals surface area contributed by atoms with E-state index in [4.69, 9.17) is 0 Å². The molecule has 0 radical (unpaired) electrons. The van der Waals surface area contributed by atoms with Crippen molar-refractivity contribution in [3.05, 3.63) is 52.0 Å². The third kappa shape index (κ3) is 3.22. The van der Waals surface area contributed by atoms with Crippen molar-refractivity contribution in [3.63, 3.8) is 0 Å². The van der Waals surface area contributed by atoms with E-state index in [0.717, 1.165) is 16.7 Å². The first-order chi connectivity index (χ1) is 9.22. The molecule has 3 rings (SSSR count). The lowest BCUT2D eigenvalue weighted by Crippen LogP contribution is -2.19. The predicted octanol–water partition coefficient (Wildman–Crippen LogP) is 3.09. The smallest absolute Gasteiger partial charge is 0.128 e. The van der Waals surface area contributed by atoms with Crippen molar-refractivity contribution in [2.45, 2.75) is 32.0 Å². The van der Waals surface area contributed by atoms with Crippen LogP contribution in [-0.2, 0) is 13.1 Å². The first-order valence-corrected chi connectivity index (χ1v) is 7.19. The van der Waals surface area contributed by atoms with E-state index in [0.29, 0.717) is 18.2 Å². The molecule has 1 saturated carbocycles. The number of benzene rings is 1. The molecule has 0 unspecified atom stereocenters. The van der Waals surface area contributed by atoms with Crippen LogP contribution >= 0.6 is 15.9 Å². The molecule has 1 heterocycles. The average molecular weight is 324 g/mol. The lowest BCUT2D eigenvalue weighted by molar-refractivity contribution is 0.560. The number of nitrogens with zero attached hydrogens (tertiary/aromatic N) is 2. The first kappa shape index (κ1) is 12.8. The minimum absolute atomic E-state index is 0.195. The Bertz CT molecular complexity index is 578. The SMILES string of the molecule is Fc1ccc(Br)cc1Cn1nccc1CNC1CC1. The zero-order valence-corrected chi connectivity index (χ0v) is 12.0. The maximum Gasteiger partial charge on any atom is 0.128 e. The van der Waals surface area contributed by atoms with Crippen LogP contribution in [0.5, 0.6) is 0 Å². The molecule has 2 aromatic rings. The highest BCUT2D eigenvalue weighted by Crippen LogP contribution is 2.20. The van der Waals surface area contributed by atoms with Crippen LogP contribution in [0.2, 0.25) is 0 Å². The molecule has 100 valence electrons. The quantitative estimate of drug-likeness (QED) is 0.916. The summed E-state index contributed by atoms with van der Waals surface area (Å²) in [5.74, 6) is -0.195. The first-order valence-electron chi connectivity index (χ1n) is 6.40. The second kappa shape index (κ2) is 5.43. The number of hydrogen-bond acceptors (Lipinski definition) is 2. The van der Waals surface area contributed by atoms with Gasteiger partial charge in [0.25, 0.3) is 0 Å². The van der Waals surface area contributed by atoms with Crippen LogP contribution in [-0.4, -0.2) is 15.8 Å². The van der Waals surface area contributed by atoms with Crippen molar-refractivity contribution >= 4 is 15.9 Å². The second-order valence-corrected chi connectivity index (χ2v) is 5.79. The predicted molar refractivity (Wildman–Crippen MR) is 75.3 cm³/mol. The van der Waals surface area contributed by atoms with Gasteiger partial charge in [0, 0.05) is 28.8 Å². The third-order valence-corrected chi connectivity index (χ3v) is 3.77. The molecular formula is C14H15BrFN3. The summed E-state index contributed by atoms with van der Waals surface area (Å²) in [6.45, 7) is 1.25. The van der Waals surface area contributed by atoms with E-state index in [-0.39, 0.29) is 5.82 Å². The Hall–Kier alpha value is -1.20. The summed E-state index contributed by atoms with van der Waals surface area (Å²) < 4.78 is 16.5. The number of halogens is 2. The molecule has 1 N–H and O–H groups in total. The van der Waals surface area contributed by atoms with Gasteiger partial charge in [0.2, 0.25) is 0 Å². The summed E-state index contributed by atoms with van der Waals surface area (Å²) in [5.41, 5.74) is 1.73. The standard InChI is InChI=1S/C14H15BrFN3/c15-11-1-4-14(16)10(7-11)9-19-13(5-6-18-19)8-17-12-2-3-12/h1,4-7,12,17H,2-3,8-9H2. The molecule has 0 spiro atoms. The van der Waals surface area contributed by atoms with Crippen LogP contribution in [0.15, 0.2) is 34.9 Å². The Morgan fingerprint density at radius 2 is 2.21 bits per heavy atom. The maximum atomic E-state index is 13.7. The Kier molecular flexibility index (Phi) is 3.66. The zero-order chi connectivity index (χ0) is 13.2. The average Bonchev–Trinajstić information content (AvgIpc) is 3.12. The van der Waals surface area contributed by atoms with Gasteiger partial charge in [0.05, 0.1) is 12.2 Å². The normalized spacial score (nSPS) is 14.8. The molecule has 0 atom stereocenters. The van der Waals surface area contributed by atoms with Crippen molar-refractivity contribution in [1.82, 2.24) is 15.1 Å². The van der Waals surface area contributed by atoms with Gasteiger partial charge in [-0.05, 0) is 37.1 Å². The van der Waals surface area contributed by atoms with E-state index in [9.17, 15) is 4.39 Å². The molecule has 19 heavy (non-hydrogen) atoms. The summed E-state index contributed by atoms with van der Waals surface area (Å²) in [4.78, 5) is 0. The fourth-order valence-electron chi connectivity index (χ4n) is 2.01. The highest BCUT2D eigenvalue weighted by Gasteiger charge is 2.20. The molecular weight excluding hydrogens is 309 g/mol. The molecule has 0 saturated heterocycles. The van der Waals surface area contributed by atoms with Gasteiger partial charge in [-0.1, -0.05) is 15.9 Å². The minimum atomic E-state index is -0.195. The van der Waals surface area contributed by atoms with Gasteiger partial charge in [0.15, 0.2) is 0 Å². The highest BCUT2D eigenvalue weighted by molar-refractivity contribution is 9.10. The van der Waals surface area contributed by atoms with E-state index < -0.39 is 0 Å². The summed E-state index contributed by atoms with van der Waals surface area (Å²) in [7, 11) is 0. The molecule has 1 fully saturated rings. The van der Waals surface area contributed by atoms with Crippen LogP contribution in [0.1, 0.15) is 24.1 Å². The summed E-state index contributed by atoms with van der Waals surface area (Å²) >= 11 is 3.37. The fraction of sp³-hybridized carbons (Fsp3) is 0.357. The van der Waals surface area contributed by atoms with Crippen LogP contribution in [0.4, 0.5) is 4.39 Å².